The second kappa shape index (κ2) is 6.41. The second-order valence-corrected chi connectivity index (χ2v) is 8.62. The number of nitrogens with one attached hydrogen (secondary N) is 1. The number of aromatic amines is 1. The van der Waals surface area contributed by atoms with Crippen LogP contribution >= 0.6 is 23.8 Å². The summed E-state index contributed by atoms with van der Waals surface area (Å²) in [6, 6.07) is -0.231. The molecule has 0 bridgehead atoms. The Labute approximate surface area is 149 Å². The van der Waals surface area contributed by atoms with Crippen LogP contribution in [0.5, 0.6) is 0 Å². The van der Waals surface area contributed by atoms with Gasteiger partial charge in [-0.25, -0.2) is 13.1 Å². The molecular weight excluding hydrogens is 372 g/mol. The molecule has 1 fully saturated rings. The maximum atomic E-state index is 11.7. The quantitative estimate of drug-likeness (QED) is 0.637. The molecule has 1 aliphatic rings. The third kappa shape index (κ3) is 3.17. The average Bonchev–Trinajstić information content (AvgIpc) is 3.15. The van der Waals surface area contributed by atoms with Gasteiger partial charge in [-0.3, -0.25) is 5.10 Å². The lowest BCUT2D eigenvalue weighted by atomic mass is 10.2. The van der Waals surface area contributed by atoms with Gasteiger partial charge in [0.1, 0.15) is 5.15 Å². The van der Waals surface area contributed by atoms with Crippen molar-refractivity contribution in [3.05, 3.63) is 27.0 Å². The molecule has 1 aliphatic heterocycles. The Balaban J connectivity index is 1.94. The molecule has 1 saturated heterocycles. The monoisotopic (exact) mass is 388 g/mol. The SMILES string of the molecule is CCc1n[nH]c(=S)n1N=Cc1c(C)nn([C@H]2CCS(=O)(=O)C2)c1Cl. The number of nitrogens with zero attached hydrogens (tertiary/aromatic N) is 5. The van der Waals surface area contributed by atoms with Gasteiger partial charge in [0.2, 0.25) is 4.77 Å². The molecule has 0 aromatic carbocycles. The standard InChI is InChI=1S/C13H17ClN6O2S2/c1-3-11-16-17-13(23)20(11)15-6-10-8(2)18-19(12(10)14)9-4-5-24(21,22)7-9/h6,9H,3-5,7H2,1-2H3,(H,17,23)/t9-/m0/s1. The molecule has 1 N–H and O–H groups in total. The average molecular weight is 389 g/mol. The van der Waals surface area contributed by atoms with Crippen LogP contribution in [0.4, 0.5) is 0 Å². The highest BCUT2D eigenvalue weighted by atomic mass is 35.5. The Morgan fingerprint density at radius 2 is 2.29 bits per heavy atom. The van der Waals surface area contributed by atoms with Crippen LogP contribution in [0.2, 0.25) is 5.15 Å². The summed E-state index contributed by atoms with van der Waals surface area (Å²) in [5, 5.41) is 15.9. The van der Waals surface area contributed by atoms with Crippen LogP contribution in [-0.2, 0) is 16.3 Å². The van der Waals surface area contributed by atoms with Gasteiger partial charge < -0.3 is 0 Å². The summed E-state index contributed by atoms with van der Waals surface area (Å²) in [7, 11) is -3.01. The fourth-order valence-corrected chi connectivity index (χ4v) is 4.93. The molecule has 0 unspecified atom stereocenters. The molecule has 130 valence electrons. The smallest absolute Gasteiger partial charge is 0.216 e. The third-order valence-corrected chi connectivity index (χ3v) is 6.35. The van der Waals surface area contributed by atoms with Crippen molar-refractivity contribution in [2.75, 3.05) is 11.5 Å². The summed E-state index contributed by atoms with van der Waals surface area (Å²) in [6.45, 7) is 3.76. The predicted octanol–water partition coefficient (Wildman–Crippen LogP) is 1.90. The van der Waals surface area contributed by atoms with E-state index >= 15 is 0 Å². The second-order valence-electron chi connectivity index (χ2n) is 5.65. The molecule has 0 radical (unpaired) electrons. The van der Waals surface area contributed by atoms with Crippen LogP contribution in [0.15, 0.2) is 5.10 Å². The van der Waals surface area contributed by atoms with Gasteiger partial charge in [-0.1, -0.05) is 18.5 Å². The highest BCUT2D eigenvalue weighted by molar-refractivity contribution is 7.91. The van der Waals surface area contributed by atoms with E-state index < -0.39 is 9.84 Å². The topological polar surface area (TPSA) is 97.9 Å². The third-order valence-electron chi connectivity index (χ3n) is 3.96. The summed E-state index contributed by atoms with van der Waals surface area (Å²) < 4.78 is 26.8. The van der Waals surface area contributed by atoms with E-state index in [0.717, 1.165) is 0 Å². The molecule has 0 spiro atoms. The van der Waals surface area contributed by atoms with Gasteiger partial charge in [-0.05, 0) is 25.6 Å². The normalized spacial score (nSPS) is 20.2. The van der Waals surface area contributed by atoms with E-state index in [1.54, 1.807) is 10.9 Å². The maximum Gasteiger partial charge on any atom is 0.216 e. The Hall–Kier alpha value is -1.52. The molecular formula is C13H17ClN6O2S2. The van der Waals surface area contributed by atoms with Crippen LogP contribution in [0, 0.1) is 11.7 Å². The van der Waals surface area contributed by atoms with Crippen LogP contribution in [0.25, 0.3) is 0 Å². The Bertz CT molecular complexity index is 956. The van der Waals surface area contributed by atoms with E-state index in [-0.39, 0.29) is 17.5 Å². The molecule has 3 rings (SSSR count). The summed E-state index contributed by atoms with van der Waals surface area (Å²) >= 11 is 11.6. The van der Waals surface area contributed by atoms with E-state index in [4.69, 9.17) is 23.8 Å². The molecule has 1 atom stereocenters. The summed E-state index contributed by atoms with van der Waals surface area (Å²) in [6.07, 6.45) is 2.78. The number of aryl methyl sites for hydroxylation is 2. The zero-order chi connectivity index (χ0) is 17.5. The number of hydrogen-bond donors (Lipinski definition) is 1. The number of halogens is 1. The van der Waals surface area contributed by atoms with E-state index in [9.17, 15) is 8.42 Å². The number of hydrogen-bond acceptors (Lipinski definition) is 6. The first-order chi connectivity index (χ1) is 11.3. The largest absolute Gasteiger partial charge is 0.250 e. The first-order valence-corrected chi connectivity index (χ1v) is 10.1. The van der Waals surface area contributed by atoms with Crippen LogP contribution in [-0.4, -0.2) is 50.8 Å². The van der Waals surface area contributed by atoms with Crippen molar-refractivity contribution in [1.29, 1.82) is 0 Å². The Morgan fingerprint density at radius 1 is 1.54 bits per heavy atom. The minimum atomic E-state index is -3.01. The van der Waals surface area contributed by atoms with Crippen LogP contribution in [0.3, 0.4) is 0 Å². The van der Waals surface area contributed by atoms with Gasteiger partial charge in [0.25, 0.3) is 0 Å². The molecule has 0 amide bonds. The van der Waals surface area contributed by atoms with Crippen molar-refractivity contribution in [3.8, 4) is 0 Å². The van der Waals surface area contributed by atoms with Crippen molar-refractivity contribution in [2.45, 2.75) is 32.7 Å². The number of aromatic nitrogens is 5. The zero-order valence-electron chi connectivity index (χ0n) is 13.2. The van der Waals surface area contributed by atoms with Crippen molar-refractivity contribution in [1.82, 2.24) is 24.7 Å². The molecule has 0 aliphatic carbocycles. The van der Waals surface area contributed by atoms with Crippen LogP contribution < -0.4 is 0 Å². The summed E-state index contributed by atoms with van der Waals surface area (Å²) in [5.41, 5.74) is 1.33. The van der Waals surface area contributed by atoms with Crippen LogP contribution in [0.1, 0.15) is 36.5 Å². The lowest BCUT2D eigenvalue weighted by Crippen LogP contribution is -2.12. The minimum Gasteiger partial charge on any atom is -0.250 e. The van der Waals surface area contributed by atoms with Crippen molar-refractivity contribution < 1.29 is 8.42 Å². The van der Waals surface area contributed by atoms with Crippen molar-refractivity contribution in [2.24, 2.45) is 5.10 Å². The molecule has 8 nitrogen and oxygen atoms in total. The minimum absolute atomic E-state index is 0.0667. The fourth-order valence-electron chi connectivity index (χ4n) is 2.68. The van der Waals surface area contributed by atoms with Gasteiger partial charge in [-0.15, -0.1) is 0 Å². The predicted molar refractivity (Wildman–Crippen MR) is 94.1 cm³/mol. The number of sulfone groups is 1. The van der Waals surface area contributed by atoms with Crippen molar-refractivity contribution in [3.63, 3.8) is 0 Å². The van der Waals surface area contributed by atoms with Gasteiger partial charge in [0, 0.05) is 6.42 Å². The van der Waals surface area contributed by atoms with Gasteiger partial charge in [-0.2, -0.15) is 20.0 Å². The molecule has 2 aromatic rings. The Morgan fingerprint density at radius 3 is 2.92 bits per heavy atom. The molecule has 2 aromatic heterocycles. The van der Waals surface area contributed by atoms with Gasteiger partial charge in [0.05, 0.1) is 35.0 Å². The summed E-state index contributed by atoms with van der Waals surface area (Å²) in [4.78, 5) is 0. The molecule has 24 heavy (non-hydrogen) atoms. The first-order valence-electron chi connectivity index (χ1n) is 7.48. The molecule has 0 saturated carbocycles. The van der Waals surface area contributed by atoms with E-state index in [1.165, 1.54) is 4.68 Å². The van der Waals surface area contributed by atoms with Crippen molar-refractivity contribution >= 4 is 39.9 Å². The zero-order valence-corrected chi connectivity index (χ0v) is 15.6. The fraction of sp³-hybridized carbons (Fsp3) is 0.538. The number of rotatable bonds is 4. The first kappa shape index (κ1) is 17.3. The van der Waals surface area contributed by atoms with E-state index in [1.807, 2.05) is 13.8 Å². The maximum absolute atomic E-state index is 11.7. The lowest BCUT2D eigenvalue weighted by Gasteiger charge is -2.09. The van der Waals surface area contributed by atoms with Gasteiger partial charge >= 0.3 is 0 Å². The van der Waals surface area contributed by atoms with Gasteiger partial charge in [0.15, 0.2) is 15.7 Å². The van der Waals surface area contributed by atoms with E-state index in [2.05, 4.69) is 20.4 Å². The van der Waals surface area contributed by atoms with E-state index in [0.29, 0.717) is 39.8 Å². The highest BCUT2D eigenvalue weighted by Gasteiger charge is 2.31. The summed E-state index contributed by atoms with van der Waals surface area (Å²) in [5.74, 6) is 0.941. The Kier molecular flexibility index (Phi) is 4.63. The lowest BCUT2D eigenvalue weighted by molar-refractivity contribution is 0.497. The highest BCUT2D eigenvalue weighted by Crippen LogP contribution is 2.29. The molecule has 3 heterocycles. The number of H-pyrrole nitrogens is 1. The molecule has 11 heteroatoms.